The van der Waals surface area contributed by atoms with E-state index in [0.29, 0.717) is 0 Å². The smallest absolute Gasteiger partial charge is 0.00438 e. The summed E-state index contributed by atoms with van der Waals surface area (Å²) in [6.07, 6.45) is 5.74. The van der Waals surface area contributed by atoms with Crippen molar-refractivity contribution in [2.24, 2.45) is 23.5 Å². The molecule has 0 aliphatic heterocycles. The predicted molar refractivity (Wildman–Crippen MR) is 49.3 cm³/mol. The Bertz CT molecular complexity index is 103. The highest BCUT2D eigenvalue weighted by Gasteiger charge is 2.25. The van der Waals surface area contributed by atoms with Crippen molar-refractivity contribution < 1.29 is 0 Å². The van der Waals surface area contributed by atoms with Gasteiger partial charge in [0.05, 0.1) is 0 Å². The molecule has 0 spiro atoms. The molecule has 0 heterocycles. The van der Waals surface area contributed by atoms with Crippen LogP contribution in [0, 0.1) is 17.8 Å². The lowest BCUT2D eigenvalue weighted by Crippen LogP contribution is -2.26. The van der Waals surface area contributed by atoms with Gasteiger partial charge in [0, 0.05) is 0 Å². The first-order chi connectivity index (χ1) is 5.25. The van der Waals surface area contributed by atoms with Crippen LogP contribution in [0.15, 0.2) is 0 Å². The Balaban J connectivity index is 2.40. The zero-order valence-corrected chi connectivity index (χ0v) is 7.84. The molecule has 1 rings (SSSR count). The molecule has 1 heteroatoms. The molecular weight excluding hydrogens is 134 g/mol. The largest absolute Gasteiger partial charge is 0.330 e. The first-order valence-electron chi connectivity index (χ1n) is 4.95. The minimum absolute atomic E-state index is 0.781. The zero-order valence-electron chi connectivity index (χ0n) is 7.84. The van der Waals surface area contributed by atoms with Gasteiger partial charge < -0.3 is 5.73 Å². The van der Waals surface area contributed by atoms with Crippen LogP contribution in [0.3, 0.4) is 0 Å². The van der Waals surface area contributed by atoms with E-state index in [0.717, 1.165) is 24.3 Å². The van der Waals surface area contributed by atoms with Gasteiger partial charge in [-0.25, -0.2) is 0 Å². The maximum absolute atomic E-state index is 5.75. The summed E-state index contributed by atoms with van der Waals surface area (Å²) in [4.78, 5) is 0. The third-order valence-corrected chi connectivity index (χ3v) is 3.13. The van der Waals surface area contributed by atoms with Crippen molar-refractivity contribution in [3.63, 3.8) is 0 Å². The molecule has 1 aliphatic carbocycles. The summed E-state index contributed by atoms with van der Waals surface area (Å²) in [6.45, 7) is 5.49. The molecule has 0 amide bonds. The molecule has 1 unspecified atom stereocenters. The summed E-state index contributed by atoms with van der Waals surface area (Å²) in [6, 6.07) is 0. The molecule has 1 nitrogen and oxygen atoms in total. The van der Waals surface area contributed by atoms with Gasteiger partial charge in [-0.15, -0.1) is 0 Å². The van der Waals surface area contributed by atoms with Gasteiger partial charge in [0.1, 0.15) is 0 Å². The van der Waals surface area contributed by atoms with Crippen LogP contribution in [0.4, 0.5) is 0 Å². The van der Waals surface area contributed by atoms with Crippen LogP contribution in [0.1, 0.15) is 39.5 Å². The second-order valence-corrected chi connectivity index (χ2v) is 4.19. The average Bonchev–Trinajstić information content (AvgIpc) is 2.40. The minimum atomic E-state index is 0.781. The van der Waals surface area contributed by atoms with Gasteiger partial charge in [0.15, 0.2) is 0 Å². The Hall–Kier alpha value is -0.0400. The van der Waals surface area contributed by atoms with Gasteiger partial charge >= 0.3 is 0 Å². The third kappa shape index (κ3) is 2.19. The molecule has 2 N–H and O–H groups in total. The maximum Gasteiger partial charge on any atom is -0.00438 e. The van der Waals surface area contributed by atoms with Gasteiger partial charge in [0.2, 0.25) is 0 Å². The molecule has 0 aromatic rings. The quantitative estimate of drug-likeness (QED) is 0.665. The van der Waals surface area contributed by atoms with E-state index in [1.165, 1.54) is 25.7 Å². The third-order valence-electron chi connectivity index (χ3n) is 3.13. The van der Waals surface area contributed by atoms with Crippen LogP contribution in [-0.4, -0.2) is 6.54 Å². The normalized spacial score (nSPS) is 22.9. The van der Waals surface area contributed by atoms with E-state index in [2.05, 4.69) is 13.8 Å². The Labute approximate surface area is 70.4 Å². The zero-order chi connectivity index (χ0) is 8.27. The van der Waals surface area contributed by atoms with Crippen LogP contribution in [-0.2, 0) is 0 Å². The van der Waals surface area contributed by atoms with Crippen LogP contribution in [0.2, 0.25) is 0 Å². The molecule has 0 aromatic heterocycles. The Morgan fingerprint density at radius 2 is 1.82 bits per heavy atom. The average molecular weight is 155 g/mol. The lowest BCUT2D eigenvalue weighted by molar-refractivity contribution is 0.265. The van der Waals surface area contributed by atoms with E-state index in [9.17, 15) is 0 Å². The molecule has 0 saturated heterocycles. The molecule has 0 radical (unpaired) electrons. The number of hydrogen-bond acceptors (Lipinski definition) is 1. The molecule has 1 aliphatic rings. The molecule has 0 bridgehead atoms. The summed E-state index contributed by atoms with van der Waals surface area (Å²) in [5.41, 5.74) is 5.75. The Kier molecular flexibility index (Phi) is 3.38. The van der Waals surface area contributed by atoms with Gasteiger partial charge in [0.25, 0.3) is 0 Å². The topological polar surface area (TPSA) is 26.0 Å². The molecular formula is C10H21N. The molecule has 1 saturated carbocycles. The van der Waals surface area contributed by atoms with E-state index in [1.807, 2.05) is 0 Å². The number of hydrogen-bond donors (Lipinski definition) is 1. The fourth-order valence-corrected chi connectivity index (χ4v) is 2.39. The van der Waals surface area contributed by atoms with Gasteiger partial charge in [-0.1, -0.05) is 39.5 Å². The lowest BCUT2D eigenvalue weighted by atomic mass is 9.82. The van der Waals surface area contributed by atoms with Crippen LogP contribution < -0.4 is 5.73 Å². The van der Waals surface area contributed by atoms with Crippen molar-refractivity contribution in [2.45, 2.75) is 39.5 Å². The van der Waals surface area contributed by atoms with E-state index < -0.39 is 0 Å². The highest BCUT2D eigenvalue weighted by molar-refractivity contribution is 4.77. The monoisotopic (exact) mass is 155 g/mol. The predicted octanol–water partition coefficient (Wildman–Crippen LogP) is 2.41. The van der Waals surface area contributed by atoms with Crippen molar-refractivity contribution in [3.8, 4) is 0 Å². The standard InChI is InChI=1S/C10H21N/c1-8(2)10(7-11)9-5-3-4-6-9/h8-10H,3-7,11H2,1-2H3. The van der Waals surface area contributed by atoms with Gasteiger partial charge in [-0.2, -0.15) is 0 Å². The van der Waals surface area contributed by atoms with E-state index in [-0.39, 0.29) is 0 Å². The Morgan fingerprint density at radius 1 is 1.27 bits per heavy atom. The summed E-state index contributed by atoms with van der Waals surface area (Å²) >= 11 is 0. The lowest BCUT2D eigenvalue weighted by Gasteiger charge is -2.25. The van der Waals surface area contributed by atoms with Crippen molar-refractivity contribution in [1.29, 1.82) is 0 Å². The summed E-state index contributed by atoms with van der Waals surface area (Å²) in [7, 11) is 0. The van der Waals surface area contributed by atoms with E-state index in [4.69, 9.17) is 5.73 Å². The van der Waals surface area contributed by atoms with Gasteiger partial charge in [-0.3, -0.25) is 0 Å². The molecule has 66 valence electrons. The SMILES string of the molecule is CC(C)C(CN)C1CCCC1. The second kappa shape index (κ2) is 4.10. The summed E-state index contributed by atoms with van der Waals surface area (Å²) < 4.78 is 0. The number of rotatable bonds is 3. The van der Waals surface area contributed by atoms with Crippen molar-refractivity contribution in [3.05, 3.63) is 0 Å². The summed E-state index contributed by atoms with van der Waals surface area (Å²) in [5, 5.41) is 0. The Morgan fingerprint density at radius 3 is 2.18 bits per heavy atom. The number of nitrogens with two attached hydrogens (primary N) is 1. The summed E-state index contributed by atoms with van der Waals surface area (Å²) in [5.74, 6) is 2.51. The fraction of sp³-hybridized carbons (Fsp3) is 1.00. The van der Waals surface area contributed by atoms with E-state index in [1.54, 1.807) is 0 Å². The second-order valence-electron chi connectivity index (χ2n) is 4.19. The van der Waals surface area contributed by atoms with Crippen LogP contribution in [0.5, 0.6) is 0 Å². The van der Waals surface area contributed by atoms with Crippen molar-refractivity contribution in [1.82, 2.24) is 0 Å². The molecule has 1 atom stereocenters. The highest BCUT2D eigenvalue weighted by atomic mass is 14.6. The van der Waals surface area contributed by atoms with Crippen LogP contribution in [0.25, 0.3) is 0 Å². The van der Waals surface area contributed by atoms with Crippen LogP contribution >= 0.6 is 0 Å². The molecule has 1 fully saturated rings. The first kappa shape index (κ1) is 9.05. The van der Waals surface area contributed by atoms with Crippen molar-refractivity contribution in [2.75, 3.05) is 6.54 Å². The minimum Gasteiger partial charge on any atom is -0.330 e. The molecule has 11 heavy (non-hydrogen) atoms. The van der Waals surface area contributed by atoms with E-state index >= 15 is 0 Å². The van der Waals surface area contributed by atoms with Gasteiger partial charge in [-0.05, 0) is 24.3 Å². The molecule has 0 aromatic carbocycles. The highest BCUT2D eigenvalue weighted by Crippen LogP contribution is 2.34. The fourth-order valence-electron chi connectivity index (χ4n) is 2.39. The maximum atomic E-state index is 5.75. The van der Waals surface area contributed by atoms with Crippen molar-refractivity contribution >= 4 is 0 Å². The first-order valence-corrected chi connectivity index (χ1v) is 4.95.